The van der Waals surface area contributed by atoms with Crippen molar-refractivity contribution in [2.75, 3.05) is 19.8 Å². The maximum atomic E-state index is 12.5. The van der Waals surface area contributed by atoms with Crippen LogP contribution in [0.4, 0.5) is 0 Å². The quantitative estimate of drug-likeness (QED) is 0.846. The Morgan fingerprint density at radius 3 is 2.95 bits per heavy atom. The van der Waals surface area contributed by atoms with Crippen LogP contribution in [0.25, 0.3) is 0 Å². The molecule has 2 fully saturated rings. The molecule has 20 heavy (non-hydrogen) atoms. The van der Waals surface area contributed by atoms with E-state index >= 15 is 0 Å². The highest BCUT2D eigenvalue weighted by molar-refractivity contribution is 5.77. The highest BCUT2D eigenvalue weighted by Crippen LogP contribution is 2.32. The van der Waals surface area contributed by atoms with Crippen molar-refractivity contribution >= 4 is 5.91 Å². The van der Waals surface area contributed by atoms with Crippen LogP contribution in [0.15, 0.2) is 18.6 Å². The van der Waals surface area contributed by atoms with E-state index in [4.69, 9.17) is 4.74 Å². The first kappa shape index (κ1) is 13.5. The topological polar surface area (TPSA) is 55.3 Å². The van der Waals surface area contributed by atoms with Crippen molar-refractivity contribution in [3.8, 4) is 0 Å². The summed E-state index contributed by atoms with van der Waals surface area (Å²) in [6, 6.07) is 2.07. The van der Waals surface area contributed by atoms with Crippen molar-refractivity contribution in [1.29, 1.82) is 0 Å². The average molecular weight is 275 g/mol. The lowest BCUT2D eigenvalue weighted by Gasteiger charge is -2.28. The minimum absolute atomic E-state index is 0.144. The number of hydrogen-bond acceptors (Lipinski definition) is 4. The third-order valence-electron chi connectivity index (χ3n) is 4.32. The molecule has 1 aromatic rings. The van der Waals surface area contributed by atoms with Gasteiger partial charge in [0.15, 0.2) is 0 Å². The van der Waals surface area contributed by atoms with Crippen LogP contribution in [0, 0.1) is 5.92 Å². The van der Waals surface area contributed by atoms with Crippen molar-refractivity contribution in [1.82, 2.24) is 14.9 Å². The summed E-state index contributed by atoms with van der Waals surface area (Å²) >= 11 is 0. The summed E-state index contributed by atoms with van der Waals surface area (Å²) in [6.45, 7) is 2.46. The summed E-state index contributed by atoms with van der Waals surface area (Å²) in [5.41, 5.74) is 0.970. The zero-order valence-electron chi connectivity index (χ0n) is 11.7. The van der Waals surface area contributed by atoms with E-state index in [2.05, 4.69) is 9.97 Å². The SMILES string of the molecule is O=C(CC1CCOCC1)N1CCC[C@H]1c1ccncn1. The Labute approximate surface area is 119 Å². The maximum Gasteiger partial charge on any atom is 0.223 e. The number of aromatic nitrogens is 2. The zero-order chi connectivity index (χ0) is 13.8. The van der Waals surface area contributed by atoms with Crippen LogP contribution in [0.3, 0.4) is 0 Å². The molecule has 5 heteroatoms. The molecule has 2 aliphatic heterocycles. The van der Waals surface area contributed by atoms with Crippen molar-refractivity contribution in [3.05, 3.63) is 24.3 Å². The summed E-state index contributed by atoms with van der Waals surface area (Å²) in [4.78, 5) is 22.8. The molecule has 0 saturated carbocycles. The fourth-order valence-electron chi connectivity index (χ4n) is 3.19. The molecule has 0 N–H and O–H groups in total. The first-order valence-corrected chi connectivity index (χ1v) is 7.47. The van der Waals surface area contributed by atoms with E-state index < -0.39 is 0 Å². The predicted molar refractivity (Wildman–Crippen MR) is 73.9 cm³/mol. The highest BCUT2D eigenvalue weighted by atomic mass is 16.5. The highest BCUT2D eigenvalue weighted by Gasteiger charge is 2.32. The Hall–Kier alpha value is -1.49. The van der Waals surface area contributed by atoms with Gasteiger partial charge in [-0.2, -0.15) is 0 Å². The van der Waals surface area contributed by atoms with Crippen molar-refractivity contribution < 1.29 is 9.53 Å². The van der Waals surface area contributed by atoms with E-state index in [0.29, 0.717) is 12.3 Å². The third-order valence-corrected chi connectivity index (χ3v) is 4.32. The second-order valence-electron chi connectivity index (χ2n) is 5.64. The summed E-state index contributed by atoms with van der Waals surface area (Å²) in [5.74, 6) is 0.765. The molecule has 1 amide bonds. The molecule has 1 atom stereocenters. The Morgan fingerprint density at radius 2 is 2.20 bits per heavy atom. The van der Waals surface area contributed by atoms with Gasteiger partial charge in [-0.3, -0.25) is 4.79 Å². The van der Waals surface area contributed by atoms with Gasteiger partial charge in [-0.25, -0.2) is 9.97 Å². The smallest absolute Gasteiger partial charge is 0.223 e. The molecule has 3 rings (SSSR count). The van der Waals surface area contributed by atoms with E-state index in [1.54, 1.807) is 12.5 Å². The van der Waals surface area contributed by atoms with E-state index in [-0.39, 0.29) is 11.9 Å². The Balaban J connectivity index is 1.64. The minimum Gasteiger partial charge on any atom is -0.381 e. The summed E-state index contributed by atoms with van der Waals surface area (Å²) < 4.78 is 5.36. The van der Waals surface area contributed by atoms with Gasteiger partial charge in [-0.15, -0.1) is 0 Å². The molecule has 0 aromatic carbocycles. The monoisotopic (exact) mass is 275 g/mol. The van der Waals surface area contributed by atoms with Gasteiger partial charge < -0.3 is 9.64 Å². The predicted octanol–water partition coefficient (Wildman–Crippen LogP) is 1.96. The Kier molecular flexibility index (Phi) is 4.25. The third kappa shape index (κ3) is 2.98. The number of carbonyl (C=O) groups excluding carboxylic acids is 1. The summed E-state index contributed by atoms with van der Waals surface area (Å²) in [7, 11) is 0. The summed E-state index contributed by atoms with van der Waals surface area (Å²) in [6.07, 6.45) is 8.07. The second kappa shape index (κ2) is 6.31. The molecule has 2 aliphatic rings. The number of ether oxygens (including phenoxy) is 1. The molecule has 0 unspecified atom stereocenters. The largest absolute Gasteiger partial charge is 0.381 e. The number of likely N-dealkylation sites (tertiary alicyclic amines) is 1. The molecular formula is C15H21N3O2. The molecule has 3 heterocycles. The van der Waals surface area contributed by atoms with E-state index in [0.717, 1.165) is 51.1 Å². The zero-order valence-corrected chi connectivity index (χ0v) is 11.7. The van der Waals surface area contributed by atoms with Crippen LogP contribution in [-0.2, 0) is 9.53 Å². The average Bonchev–Trinajstić information content (AvgIpc) is 2.99. The van der Waals surface area contributed by atoms with Crippen LogP contribution in [-0.4, -0.2) is 40.5 Å². The standard InChI is InChI=1S/C15H21N3O2/c19-15(10-12-4-8-20-9-5-12)18-7-1-2-14(18)13-3-6-16-11-17-13/h3,6,11-12,14H,1-2,4-5,7-10H2/t14-/m0/s1. The van der Waals surface area contributed by atoms with Crippen LogP contribution >= 0.6 is 0 Å². The fraction of sp³-hybridized carbons (Fsp3) is 0.667. The number of hydrogen-bond donors (Lipinski definition) is 0. The number of amides is 1. The molecular weight excluding hydrogens is 254 g/mol. The second-order valence-corrected chi connectivity index (χ2v) is 5.64. The molecule has 2 saturated heterocycles. The van der Waals surface area contributed by atoms with Gasteiger partial charge in [-0.05, 0) is 37.7 Å². The van der Waals surface area contributed by atoms with Gasteiger partial charge in [-0.1, -0.05) is 0 Å². The molecule has 0 spiro atoms. The van der Waals surface area contributed by atoms with E-state index in [1.807, 2.05) is 11.0 Å². The van der Waals surface area contributed by atoms with Gasteiger partial charge >= 0.3 is 0 Å². The van der Waals surface area contributed by atoms with Crippen molar-refractivity contribution in [2.45, 2.75) is 38.1 Å². The fourth-order valence-corrected chi connectivity index (χ4v) is 3.19. The number of rotatable bonds is 3. The molecule has 108 valence electrons. The van der Waals surface area contributed by atoms with Crippen LogP contribution < -0.4 is 0 Å². The van der Waals surface area contributed by atoms with Gasteiger partial charge in [0, 0.05) is 32.4 Å². The molecule has 0 aliphatic carbocycles. The Bertz CT molecular complexity index is 446. The molecule has 1 aromatic heterocycles. The van der Waals surface area contributed by atoms with Crippen molar-refractivity contribution in [2.24, 2.45) is 5.92 Å². The minimum atomic E-state index is 0.144. The lowest BCUT2D eigenvalue weighted by molar-refractivity contribution is -0.133. The first-order valence-electron chi connectivity index (χ1n) is 7.47. The number of nitrogens with zero attached hydrogens (tertiary/aromatic N) is 3. The lowest BCUT2D eigenvalue weighted by atomic mass is 9.95. The van der Waals surface area contributed by atoms with E-state index in [9.17, 15) is 4.79 Å². The number of carbonyl (C=O) groups is 1. The van der Waals surface area contributed by atoms with Gasteiger partial charge in [0.25, 0.3) is 0 Å². The normalized spacial score (nSPS) is 24.0. The van der Waals surface area contributed by atoms with Crippen LogP contribution in [0.2, 0.25) is 0 Å². The maximum absolute atomic E-state index is 12.5. The lowest BCUT2D eigenvalue weighted by Crippen LogP contribution is -2.33. The van der Waals surface area contributed by atoms with Crippen LogP contribution in [0.5, 0.6) is 0 Å². The Morgan fingerprint density at radius 1 is 1.35 bits per heavy atom. The summed E-state index contributed by atoms with van der Waals surface area (Å²) in [5, 5.41) is 0. The van der Waals surface area contributed by atoms with Gasteiger partial charge in [0.2, 0.25) is 5.91 Å². The van der Waals surface area contributed by atoms with Crippen LogP contribution in [0.1, 0.15) is 43.8 Å². The van der Waals surface area contributed by atoms with Gasteiger partial charge in [0.1, 0.15) is 6.33 Å². The van der Waals surface area contributed by atoms with E-state index in [1.165, 1.54) is 0 Å². The molecule has 0 radical (unpaired) electrons. The molecule has 5 nitrogen and oxygen atoms in total. The van der Waals surface area contributed by atoms with Gasteiger partial charge in [0.05, 0.1) is 11.7 Å². The molecule has 0 bridgehead atoms. The van der Waals surface area contributed by atoms with Crippen molar-refractivity contribution in [3.63, 3.8) is 0 Å². The first-order chi connectivity index (χ1) is 9.84.